The maximum absolute atomic E-state index is 12.5. The zero-order valence-electron chi connectivity index (χ0n) is 16.0. The summed E-state index contributed by atoms with van der Waals surface area (Å²) in [6.07, 6.45) is 1.54. The fraction of sp³-hybridized carbons (Fsp3) is 0.190. The summed E-state index contributed by atoms with van der Waals surface area (Å²) in [5.74, 6) is 1.81. The van der Waals surface area contributed by atoms with Gasteiger partial charge in [-0.15, -0.1) is 10.2 Å². The second-order valence-corrected chi connectivity index (χ2v) is 7.36. The molecule has 0 radical (unpaired) electrons. The zero-order valence-corrected chi connectivity index (χ0v) is 16.8. The van der Waals surface area contributed by atoms with Gasteiger partial charge in [0.15, 0.2) is 5.76 Å². The van der Waals surface area contributed by atoms with Gasteiger partial charge in [0, 0.05) is 13.6 Å². The number of carbonyl (C=O) groups excluding carboxylic acids is 1. The molecule has 2 aromatic heterocycles. The van der Waals surface area contributed by atoms with Gasteiger partial charge >= 0.3 is 0 Å². The van der Waals surface area contributed by atoms with Crippen molar-refractivity contribution < 1.29 is 18.4 Å². The van der Waals surface area contributed by atoms with E-state index in [-0.39, 0.29) is 11.7 Å². The van der Waals surface area contributed by atoms with Crippen molar-refractivity contribution in [1.82, 2.24) is 15.1 Å². The van der Waals surface area contributed by atoms with Crippen LogP contribution in [0.5, 0.6) is 5.75 Å². The number of aromatic nitrogens is 2. The predicted molar refractivity (Wildman–Crippen MR) is 110 cm³/mol. The Labute approximate surface area is 171 Å². The van der Waals surface area contributed by atoms with Gasteiger partial charge in [0.2, 0.25) is 5.91 Å². The van der Waals surface area contributed by atoms with Crippen molar-refractivity contribution in [2.24, 2.45) is 0 Å². The van der Waals surface area contributed by atoms with Gasteiger partial charge in [0.25, 0.3) is 11.1 Å². The fourth-order valence-corrected chi connectivity index (χ4v) is 3.57. The molecule has 7 nitrogen and oxygen atoms in total. The number of hydrogen-bond donors (Lipinski definition) is 0. The molecule has 0 aliphatic carbocycles. The molecule has 0 saturated carbocycles. The summed E-state index contributed by atoms with van der Waals surface area (Å²) in [7, 11) is 3.43. The molecule has 0 fully saturated rings. The first-order valence-electron chi connectivity index (χ1n) is 8.93. The lowest BCUT2D eigenvalue weighted by atomic mass is 10.1. The molecule has 2 heterocycles. The first-order chi connectivity index (χ1) is 14.1. The van der Waals surface area contributed by atoms with Crippen molar-refractivity contribution >= 4 is 28.4 Å². The minimum absolute atomic E-state index is 0.0254. The van der Waals surface area contributed by atoms with E-state index in [1.165, 1.54) is 18.0 Å². The van der Waals surface area contributed by atoms with Crippen molar-refractivity contribution in [1.29, 1.82) is 0 Å². The number of carbonyl (C=O) groups is 1. The van der Waals surface area contributed by atoms with E-state index in [9.17, 15) is 4.79 Å². The third-order valence-corrected chi connectivity index (χ3v) is 5.22. The van der Waals surface area contributed by atoms with Crippen LogP contribution >= 0.6 is 11.8 Å². The van der Waals surface area contributed by atoms with Gasteiger partial charge < -0.3 is 18.5 Å². The lowest BCUT2D eigenvalue weighted by Gasteiger charge is -2.17. The van der Waals surface area contributed by atoms with Crippen LogP contribution in [0.3, 0.4) is 0 Å². The summed E-state index contributed by atoms with van der Waals surface area (Å²) >= 11 is 1.21. The molecule has 0 spiro atoms. The first kappa shape index (κ1) is 19.1. The molecule has 0 unspecified atom stereocenters. The smallest absolute Gasteiger partial charge is 0.284 e. The van der Waals surface area contributed by atoms with Gasteiger partial charge in [-0.1, -0.05) is 30.0 Å². The summed E-state index contributed by atoms with van der Waals surface area (Å²) in [5, 5.41) is 10.4. The van der Waals surface area contributed by atoms with E-state index in [0.717, 1.165) is 22.1 Å². The SMILES string of the molecule is COc1ccc2cc(CN(C)C(=O)CSc3nnc(-c4ccco4)o3)ccc2c1. The number of rotatable bonds is 7. The van der Waals surface area contributed by atoms with E-state index < -0.39 is 0 Å². The molecular weight excluding hydrogens is 390 g/mol. The topological polar surface area (TPSA) is 81.6 Å². The Kier molecular flexibility index (Phi) is 5.53. The molecular formula is C21H19N3O4S. The number of ether oxygens (including phenoxy) is 1. The van der Waals surface area contributed by atoms with Gasteiger partial charge in [-0.2, -0.15) is 0 Å². The third kappa shape index (κ3) is 4.43. The summed E-state index contributed by atoms with van der Waals surface area (Å²) < 4.78 is 16.0. The molecule has 8 heteroatoms. The average molecular weight is 409 g/mol. The van der Waals surface area contributed by atoms with E-state index in [4.69, 9.17) is 13.6 Å². The number of nitrogens with zero attached hydrogens (tertiary/aromatic N) is 3. The third-order valence-electron chi connectivity index (χ3n) is 4.41. The standard InChI is InChI=1S/C21H19N3O4S/c1-24(12-14-5-6-16-11-17(26-2)8-7-15(16)10-14)19(25)13-29-21-23-22-20(28-21)18-4-3-9-27-18/h3-11H,12-13H2,1-2H3. The van der Waals surface area contributed by atoms with Gasteiger partial charge in [-0.25, -0.2) is 0 Å². The Morgan fingerprint density at radius 3 is 2.76 bits per heavy atom. The zero-order chi connectivity index (χ0) is 20.2. The van der Waals surface area contributed by atoms with Crippen LogP contribution in [0, 0.1) is 0 Å². The molecule has 0 saturated heterocycles. The fourth-order valence-electron chi connectivity index (χ4n) is 2.86. The van der Waals surface area contributed by atoms with Crippen LogP contribution < -0.4 is 4.74 Å². The van der Waals surface area contributed by atoms with Crippen molar-refractivity contribution in [2.45, 2.75) is 11.8 Å². The lowest BCUT2D eigenvalue weighted by molar-refractivity contribution is -0.127. The van der Waals surface area contributed by atoms with Crippen molar-refractivity contribution in [2.75, 3.05) is 19.9 Å². The minimum atomic E-state index is -0.0254. The Morgan fingerprint density at radius 1 is 1.14 bits per heavy atom. The van der Waals surface area contributed by atoms with Crippen molar-refractivity contribution in [3.8, 4) is 17.4 Å². The largest absolute Gasteiger partial charge is 0.497 e. The maximum atomic E-state index is 12.5. The highest BCUT2D eigenvalue weighted by molar-refractivity contribution is 7.99. The molecule has 148 valence electrons. The highest BCUT2D eigenvalue weighted by Gasteiger charge is 2.15. The van der Waals surface area contributed by atoms with E-state index in [1.54, 1.807) is 31.2 Å². The number of methoxy groups -OCH3 is 1. The van der Waals surface area contributed by atoms with Crippen LogP contribution in [0.15, 0.2) is 68.9 Å². The Hall–Kier alpha value is -3.26. The number of benzene rings is 2. The minimum Gasteiger partial charge on any atom is -0.497 e. The highest BCUT2D eigenvalue weighted by Crippen LogP contribution is 2.24. The maximum Gasteiger partial charge on any atom is 0.284 e. The molecule has 29 heavy (non-hydrogen) atoms. The number of hydrogen-bond acceptors (Lipinski definition) is 7. The van der Waals surface area contributed by atoms with Crippen LogP contribution in [-0.2, 0) is 11.3 Å². The number of amides is 1. The van der Waals surface area contributed by atoms with Crippen LogP contribution in [0.1, 0.15) is 5.56 Å². The number of thioether (sulfide) groups is 1. The average Bonchev–Trinajstić information content (AvgIpc) is 3.43. The summed E-state index contributed by atoms with van der Waals surface area (Å²) in [6, 6.07) is 15.6. The molecule has 0 atom stereocenters. The molecule has 4 rings (SSSR count). The Bertz CT molecular complexity index is 1120. The highest BCUT2D eigenvalue weighted by atomic mass is 32.2. The van der Waals surface area contributed by atoms with Gasteiger partial charge in [0.1, 0.15) is 5.75 Å². The molecule has 0 N–H and O–H groups in total. The first-order valence-corrected chi connectivity index (χ1v) is 9.92. The summed E-state index contributed by atoms with van der Waals surface area (Å²) in [4.78, 5) is 14.2. The molecule has 2 aromatic carbocycles. The second kappa shape index (κ2) is 8.40. The van der Waals surface area contributed by atoms with E-state index >= 15 is 0 Å². The molecule has 1 amide bonds. The van der Waals surface area contributed by atoms with Crippen LogP contribution in [0.2, 0.25) is 0 Å². The van der Waals surface area contributed by atoms with Gasteiger partial charge in [-0.3, -0.25) is 4.79 Å². The normalized spacial score (nSPS) is 11.0. The quantitative estimate of drug-likeness (QED) is 0.422. The van der Waals surface area contributed by atoms with Gasteiger partial charge in [-0.05, 0) is 46.7 Å². The molecule has 0 aliphatic rings. The molecule has 4 aromatic rings. The van der Waals surface area contributed by atoms with Gasteiger partial charge in [0.05, 0.1) is 19.1 Å². The van der Waals surface area contributed by atoms with E-state index in [1.807, 2.05) is 30.3 Å². The van der Waals surface area contributed by atoms with Crippen molar-refractivity contribution in [3.05, 3.63) is 60.4 Å². The van der Waals surface area contributed by atoms with Crippen LogP contribution in [0.4, 0.5) is 0 Å². The summed E-state index contributed by atoms with van der Waals surface area (Å²) in [5.41, 5.74) is 1.06. The van der Waals surface area contributed by atoms with Crippen LogP contribution in [-0.4, -0.2) is 40.9 Å². The second-order valence-electron chi connectivity index (χ2n) is 6.44. The number of furan rings is 1. The Morgan fingerprint density at radius 2 is 1.97 bits per heavy atom. The molecule has 0 aliphatic heterocycles. The Balaban J connectivity index is 1.35. The van der Waals surface area contributed by atoms with Crippen LogP contribution in [0.25, 0.3) is 22.4 Å². The lowest BCUT2D eigenvalue weighted by Crippen LogP contribution is -2.27. The summed E-state index contributed by atoms with van der Waals surface area (Å²) in [6.45, 7) is 0.517. The van der Waals surface area contributed by atoms with E-state index in [0.29, 0.717) is 23.4 Å². The monoisotopic (exact) mass is 409 g/mol. The number of fused-ring (bicyclic) bond motifs is 1. The van der Waals surface area contributed by atoms with Crippen molar-refractivity contribution in [3.63, 3.8) is 0 Å². The molecule has 0 bridgehead atoms. The van der Waals surface area contributed by atoms with E-state index in [2.05, 4.69) is 16.3 Å². The predicted octanol–water partition coefficient (Wildman–Crippen LogP) is 4.24.